The van der Waals surface area contributed by atoms with Crippen LogP contribution in [0.15, 0.2) is 231 Å². The molecule has 11 aromatic rings. The fourth-order valence-corrected chi connectivity index (χ4v) is 19.5. The van der Waals surface area contributed by atoms with Crippen molar-refractivity contribution >= 4 is 74.5 Å². The Kier molecular flexibility index (Phi) is 8.04. The first-order valence-corrected chi connectivity index (χ1v) is 23.9. The van der Waals surface area contributed by atoms with Gasteiger partial charge in [-0.1, -0.05) is 36.4 Å². The van der Waals surface area contributed by atoms with E-state index in [9.17, 15) is 0 Å². The SMILES string of the molecule is c1cc[c]([Ge]([c]2ccccc2)([c]2ccccc2)[c]2cccc(-c3cccc(-n4c5ccccc5c5cc(-n6c7ccccc7c7ccccc76)ccc54)c3)c2)cc1. The van der Waals surface area contributed by atoms with Crippen LogP contribution >= 0.6 is 0 Å². The molecule has 0 spiro atoms. The molecule has 2 heterocycles. The van der Waals surface area contributed by atoms with Crippen molar-refractivity contribution in [1.82, 2.24) is 9.13 Å². The third kappa shape index (κ3) is 5.33. The second kappa shape index (κ2) is 13.7. The minimum absolute atomic E-state index is 1.15. The summed E-state index contributed by atoms with van der Waals surface area (Å²) < 4.78 is 10.5. The second-order valence-corrected chi connectivity index (χ2v) is 22.9. The average molecular weight is 788 g/mol. The summed E-state index contributed by atoms with van der Waals surface area (Å²) in [5.41, 5.74) is 9.57. The number of rotatable bonds is 7. The Morgan fingerprint density at radius 1 is 0.246 bits per heavy atom. The van der Waals surface area contributed by atoms with Gasteiger partial charge in [-0.15, -0.1) is 0 Å². The van der Waals surface area contributed by atoms with Crippen molar-refractivity contribution in [2.24, 2.45) is 0 Å². The van der Waals surface area contributed by atoms with E-state index in [4.69, 9.17) is 0 Å². The number of nitrogens with zero attached hydrogens (tertiary/aromatic N) is 2. The summed E-state index contributed by atoms with van der Waals surface area (Å²) >= 11 is -3.43. The van der Waals surface area contributed by atoms with Crippen LogP contribution < -0.4 is 17.6 Å². The Morgan fingerprint density at radius 3 is 1.16 bits per heavy atom. The number of hydrogen-bond acceptors (Lipinski definition) is 0. The molecule has 0 bridgehead atoms. The normalized spacial score (nSPS) is 11.9. The molecule has 0 fully saturated rings. The van der Waals surface area contributed by atoms with Gasteiger partial charge in [-0.2, -0.15) is 0 Å². The molecule has 0 aliphatic heterocycles. The third-order valence-electron chi connectivity index (χ3n) is 11.8. The van der Waals surface area contributed by atoms with Gasteiger partial charge < -0.3 is 0 Å². The predicted octanol–water partition coefficient (Wildman–Crippen LogP) is 10.9. The second-order valence-electron chi connectivity index (χ2n) is 14.9. The van der Waals surface area contributed by atoms with Crippen LogP contribution in [0, 0.1) is 0 Å². The van der Waals surface area contributed by atoms with Gasteiger partial charge in [0.05, 0.1) is 11.0 Å². The van der Waals surface area contributed by atoms with Crippen LogP contribution in [-0.4, -0.2) is 22.4 Å². The quantitative estimate of drug-likeness (QED) is 0.142. The third-order valence-corrected chi connectivity index (χ3v) is 21.9. The summed E-state index contributed by atoms with van der Waals surface area (Å²) in [7, 11) is 0. The van der Waals surface area contributed by atoms with Gasteiger partial charge in [-0.05, 0) is 12.1 Å². The molecule has 2 nitrogen and oxygen atoms in total. The number of hydrogen-bond donors (Lipinski definition) is 0. The molecule has 0 aliphatic carbocycles. The molecule has 2 aromatic heterocycles. The molecule has 3 heteroatoms. The Balaban J connectivity index is 1.08. The van der Waals surface area contributed by atoms with Crippen LogP contribution in [0.2, 0.25) is 0 Å². The van der Waals surface area contributed by atoms with Crippen molar-refractivity contribution in [3.63, 3.8) is 0 Å². The molecule has 0 N–H and O–H groups in total. The molecular formula is C54H38GeN2. The summed E-state index contributed by atoms with van der Waals surface area (Å²) in [5, 5.41) is 5.03. The van der Waals surface area contributed by atoms with Crippen LogP contribution in [0.1, 0.15) is 0 Å². The van der Waals surface area contributed by atoms with E-state index in [1.165, 1.54) is 72.3 Å². The number of fused-ring (bicyclic) bond motifs is 6. The van der Waals surface area contributed by atoms with Gasteiger partial charge in [0.15, 0.2) is 0 Å². The van der Waals surface area contributed by atoms with Crippen molar-refractivity contribution < 1.29 is 0 Å². The summed E-state index contributed by atoms with van der Waals surface area (Å²) in [4.78, 5) is 0. The summed E-state index contributed by atoms with van der Waals surface area (Å²) in [6.45, 7) is 0. The molecule has 268 valence electrons. The monoisotopic (exact) mass is 788 g/mol. The predicted molar refractivity (Wildman–Crippen MR) is 244 cm³/mol. The molecule has 0 amide bonds. The molecule has 11 rings (SSSR count). The van der Waals surface area contributed by atoms with Crippen molar-refractivity contribution in [3.8, 4) is 22.5 Å². The van der Waals surface area contributed by atoms with Crippen LogP contribution in [-0.2, 0) is 0 Å². The Bertz CT molecular complexity index is 3080. The molecular weight excluding hydrogens is 749 g/mol. The maximum absolute atomic E-state index is 3.43. The number of aromatic nitrogens is 2. The molecule has 0 aliphatic rings. The molecule has 0 radical (unpaired) electrons. The van der Waals surface area contributed by atoms with Gasteiger partial charge in [0.1, 0.15) is 0 Å². The van der Waals surface area contributed by atoms with Crippen LogP contribution in [0.25, 0.3) is 66.1 Å². The number of benzene rings is 9. The van der Waals surface area contributed by atoms with Gasteiger partial charge in [-0.3, -0.25) is 0 Å². The van der Waals surface area contributed by atoms with E-state index in [0.717, 1.165) is 11.4 Å². The van der Waals surface area contributed by atoms with Crippen LogP contribution in [0.5, 0.6) is 0 Å². The van der Waals surface area contributed by atoms with Crippen LogP contribution in [0.4, 0.5) is 0 Å². The van der Waals surface area contributed by atoms with Crippen molar-refractivity contribution in [2.45, 2.75) is 0 Å². The van der Waals surface area contributed by atoms with E-state index >= 15 is 0 Å². The van der Waals surface area contributed by atoms with E-state index in [2.05, 4.69) is 240 Å². The molecule has 0 unspecified atom stereocenters. The standard InChI is InChI=1S/C54H38GeN2/c1-4-20-41(21-5-1)55(42-22-6-2-7-23-42,43-24-8-3-9-25-43)44-26-16-18-39(36-44)40-19-17-27-45(37-40)56-53-33-15-12-30-49(53)50-38-46(34-35-54(50)56)57-51-31-13-10-28-47(51)48-29-11-14-32-52(48)57/h1-38H. The fraction of sp³-hybridized carbons (Fsp3) is 0. The fourth-order valence-electron chi connectivity index (χ4n) is 9.40. The Labute approximate surface area is 334 Å². The van der Waals surface area contributed by atoms with Crippen molar-refractivity contribution in [2.75, 3.05) is 0 Å². The minimum atomic E-state index is -3.43. The first kappa shape index (κ1) is 33.5. The van der Waals surface area contributed by atoms with Gasteiger partial charge in [-0.25, -0.2) is 0 Å². The summed E-state index contributed by atoms with van der Waals surface area (Å²) in [6, 6.07) is 85.5. The van der Waals surface area contributed by atoms with E-state index in [1.807, 2.05) is 0 Å². The summed E-state index contributed by atoms with van der Waals surface area (Å²) in [5.74, 6) is 0. The van der Waals surface area contributed by atoms with E-state index in [-0.39, 0.29) is 0 Å². The molecule has 0 saturated heterocycles. The maximum atomic E-state index is 2.48. The van der Waals surface area contributed by atoms with Crippen molar-refractivity contribution in [3.05, 3.63) is 231 Å². The zero-order valence-electron chi connectivity index (χ0n) is 31.3. The van der Waals surface area contributed by atoms with Gasteiger partial charge in [0.25, 0.3) is 0 Å². The zero-order chi connectivity index (χ0) is 37.8. The zero-order valence-corrected chi connectivity index (χ0v) is 33.4. The Hall–Kier alpha value is -6.88. The topological polar surface area (TPSA) is 9.86 Å². The van der Waals surface area contributed by atoms with Gasteiger partial charge in [0.2, 0.25) is 0 Å². The molecule has 9 aromatic carbocycles. The number of para-hydroxylation sites is 3. The van der Waals surface area contributed by atoms with E-state index < -0.39 is 13.3 Å². The van der Waals surface area contributed by atoms with Crippen molar-refractivity contribution in [1.29, 1.82) is 0 Å². The first-order valence-electron chi connectivity index (χ1n) is 19.7. The molecule has 0 saturated carbocycles. The summed E-state index contributed by atoms with van der Waals surface area (Å²) in [6.07, 6.45) is 0. The Morgan fingerprint density at radius 2 is 0.632 bits per heavy atom. The van der Waals surface area contributed by atoms with Gasteiger partial charge >= 0.3 is 266 Å². The van der Waals surface area contributed by atoms with E-state index in [1.54, 1.807) is 0 Å². The van der Waals surface area contributed by atoms with Gasteiger partial charge in [0, 0.05) is 10.8 Å². The van der Waals surface area contributed by atoms with Crippen LogP contribution in [0.3, 0.4) is 0 Å². The molecule has 0 atom stereocenters. The van der Waals surface area contributed by atoms with E-state index in [0.29, 0.717) is 0 Å². The first-order chi connectivity index (χ1) is 28.3. The molecule has 57 heavy (non-hydrogen) atoms. The average Bonchev–Trinajstić information content (AvgIpc) is 3.81.